The molecule has 4 nitrogen and oxygen atoms in total. The number of carbonyl (C=O) groups is 1. The first-order valence-corrected chi connectivity index (χ1v) is 10.7. The van der Waals surface area contributed by atoms with Gasteiger partial charge in [0.1, 0.15) is 16.5 Å². The van der Waals surface area contributed by atoms with Gasteiger partial charge in [-0.1, -0.05) is 24.3 Å². The lowest BCUT2D eigenvalue weighted by Crippen LogP contribution is -2.47. The van der Waals surface area contributed by atoms with Gasteiger partial charge in [0.05, 0.1) is 6.04 Å². The SMILES string of the molecule is O=C(O)c1cc(CN2CCN(C(c3ccc(F)cc3)c3ccc(F)cc3)CC2)cs1. The standard InChI is InChI=1S/C23H22F2N2O2S/c24-19-5-1-17(2-6-19)22(18-3-7-20(25)8-4-18)27-11-9-26(10-12-27)14-16-13-21(23(28)29)30-15-16/h1-8,13,15,22H,9-12,14H2,(H,28,29). The average molecular weight is 429 g/mol. The molecule has 1 aliphatic heterocycles. The summed E-state index contributed by atoms with van der Waals surface area (Å²) in [5.74, 6) is -1.45. The Kier molecular flexibility index (Phi) is 6.22. The van der Waals surface area contributed by atoms with Crippen LogP contribution in [0.3, 0.4) is 0 Å². The first-order chi connectivity index (χ1) is 14.5. The molecule has 0 aliphatic carbocycles. The second kappa shape index (κ2) is 9.04. The number of hydrogen-bond acceptors (Lipinski definition) is 4. The summed E-state index contributed by atoms with van der Waals surface area (Å²) < 4.78 is 26.9. The van der Waals surface area contributed by atoms with Gasteiger partial charge >= 0.3 is 5.97 Å². The maximum absolute atomic E-state index is 13.5. The minimum Gasteiger partial charge on any atom is -0.477 e. The predicted molar refractivity (Wildman–Crippen MR) is 113 cm³/mol. The van der Waals surface area contributed by atoms with E-state index in [2.05, 4.69) is 9.80 Å². The Labute approximate surface area is 178 Å². The molecule has 0 amide bonds. The second-order valence-electron chi connectivity index (χ2n) is 7.44. The minimum atomic E-state index is -0.891. The molecule has 0 atom stereocenters. The smallest absolute Gasteiger partial charge is 0.345 e. The maximum atomic E-state index is 13.5. The van der Waals surface area contributed by atoms with Crippen LogP contribution in [0.1, 0.15) is 32.4 Å². The summed E-state index contributed by atoms with van der Waals surface area (Å²) in [5, 5.41) is 11.0. The molecule has 2 aromatic carbocycles. The fraction of sp³-hybridized carbons (Fsp3) is 0.261. The minimum absolute atomic E-state index is 0.0758. The van der Waals surface area contributed by atoms with Crippen molar-refractivity contribution in [3.05, 3.63) is 93.2 Å². The Bertz CT molecular complexity index is 951. The van der Waals surface area contributed by atoms with Crippen LogP contribution in [0.15, 0.2) is 60.0 Å². The Balaban J connectivity index is 1.48. The number of piperazine rings is 1. The quantitative estimate of drug-likeness (QED) is 0.622. The molecular weight excluding hydrogens is 406 g/mol. The average Bonchev–Trinajstić information content (AvgIpc) is 3.21. The lowest BCUT2D eigenvalue weighted by atomic mass is 9.96. The zero-order chi connectivity index (χ0) is 21.1. The summed E-state index contributed by atoms with van der Waals surface area (Å²) in [6.07, 6.45) is 0. The van der Waals surface area contributed by atoms with E-state index in [1.807, 2.05) is 5.38 Å². The van der Waals surface area contributed by atoms with Crippen LogP contribution in [0.5, 0.6) is 0 Å². The topological polar surface area (TPSA) is 43.8 Å². The van der Waals surface area contributed by atoms with Crippen LogP contribution in [0, 0.1) is 11.6 Å². The van der Waals surface area contributed by atoms with Crippen molar-refractivity contribution in [2.45, 2.75) is 12.6 Å². The monoisotopic (exact) mass is 428 g/mol. The van der Waals surface area contributed by atoms with Crippen LogP contribution >= 0.6 is 11.3 Å². The molecule has 0 bridgehead atoms. The van der Waals surface area contributed by atoms with Crippen molar-refractivity contribution in [2.24, 2.45) is 0 Å². The Morgan fingerprint density at radius 3 is 1.93 bits per heavy atom. The van der Waals surface area contributed by atoms with Gasteiger partial charge < -0.3 is 5.11 Å². The molecule has 0 saturated carbocycles. The van der Waals surface area contributed by atoms with Gasteiger partial charge in [0.25, 0.3) is 0 Å². The van der Waals surface area contributed by atoms with Crippen molar-refractivity contribution in [2.75, 3.05) is 26.2 Å². The lowest BCUT2D eigenvalue weighted by molar-refractivity contribution is 0.0702. The van der Waals surface area contributed by atoms with E-state index >= 15 is 0 Å². The zero-order valence-electron chi connectivity index (χ0n) is 16.3. The predicted octanol–water partition coefficient (Wildman–Crippen LogP) is 4.63. The van der Waals surface area contributed by atoms with E-state index in [1.165, 1.54) is 35.6 Å². The Hall–Kier alpha value is -2.61. The number of thiophene rings is 1. The van der Waals surface area contributed by atoms with E-state index < -0.39 is 5.97 Å². The summed E-state index contributed by atoms with van der Waals surface area (Å²) in [5.41, 5.74) is 2.96. The van der Waals surface area contributed by atoms with E-state index in [-0.39, 0.29) is 17.7 Å². The highest BCUT2D eigenvalue weighted by molar-refractivity contribution is 7.12. The number of carboxylic acids is 1. The van der Waals surface area contributed by atoms with Crippen LogP contribution in [-0.2, 0) is 6.54 Å². The third-order valence-corrected chi connectivity index (χ3v) is 6.38. The molecule has 1 fully saturated rings. The van der Waals surface area contributed by atoms with Crippen LogP contribution in [0.25, 0.3) is 0 Å². The van der Waals surface area contributed by atoms with Crippen LogP contribution in [-0.4, -0.2) is 47.1 Å². The highest BCUT2D eigenvalue weighted by atomic mass is 32.1. The van der Waals surface area contributed by atoms with Crippen molar-refractivity contribution in [1.29, 1.82) is 0 Å². The summed E-state index contributed by atoms with van der Waals surface area (Å²) in [6, 6.07) is 14.6. The second-order valence-corrected chi connectivity index (χ2v) is 8.35. The molecule has 2 heterocycles. The number of carboxylic acid groups (broad SMARTS) is 1. The first kappa shape index (κ1) is 20.7. The third kappa shape index (κ3) is 4.75. The molecule has 0 spiro atoms. The van der Waals surface area contributed by atoms with Crippen molar-refractivity contribution in [3.8, 4) is 0 Å². The van der Waals surface area contributed by atoms with Crippen LogP contribution in [0.4, 0.5) is 8.78 Å². The number of rotatable bonds is 6. The van der Waals surface area contributed by atoms with Gasteiger partial charge in [-0.05, 0) is 52.4 Å². The number of hydrogen-bond donors (Lipinski definition) is 1. The Morgan fingerprint density at radius 1 is 0.933 bits per heavy atom. The van der Waals surface area contributed by atoms with Gasteiger partial charge in [0.15, 0.2) is 0 Å². The van der Waals surface area contributed by atoms with Gasteiger partial charge in [0.2, 0.25) is 0 Å². The molecule has 3 aromatic rings. The number of benzene rings is 2. The molecule has 30 heavy (non-hydrogen) atoms. The molecule has 0 unspecified atom stereocenters. The highest BCUT2D eigenvalue weighted by Crippen LogP contribution is 2.30. The maximum Gasteiger partial charge on any atom is 0.345 e. The van der Waals surface area contributed by atoms with Gasteiger partial charge in [-0.2, -0.15) is 0 Å². The molecule has 1 aliphatic rings. The van der Waals surface area contributed by atoms with Gasteiger partial charge in [-0.25, -0.2) is 13.6 Å². The number of aromatic carboxylic acids is 1. The fourth-order valence-electron chi connectivity index (χ4n) is 3.91. The van der Waals surface area contributed by atoms with Gasteiger partial charge in [0, 0.05) is 32.7 Å². The highest BCUT2D eigenvalue weighted by Gasteiger charge is 2.27. The van der Waals surface area contributed by atoms with E-state index in [0.717, 1.165) is 49.4 Å². The van der Waals surface area contributed by atoms with Crippen molar-refractivity contribution in [1.82, 2.24) is 9.80 Å². The van der Waals surface area contributed by atoms with E-state index in [0.29, 0.717) is 4.88 Å². The normalized spacial score (nSPS) is 15.6. The summed E-state index contributed by atoms with van der Waals surface area (Å²) in [7, 11) is 0. The zero-order valence-corrected chi connectivity index (χ0v) is 17.1. The van der Waals surface area contributed by atoms with Crippen molar-refractivity contribution >= 4 is 17.3 Å². The molecule has 1 N–H and O–H groups in total. The summed E-state index contributed by atoms with van der Waals surface area (Å²) in [6.45, 7) is 3.98. The van der Waals surface area contributed by atoms with Gasteiger partial charge in [-0.15, -0.1) is 11.3 Å². The van der Waals surface area contributed by atoms with Gasteiger partial charge in [-0.3, -0.25) is 9.80 Å². The fourth-order valence-corrected chi connectivity index (χ4v) is 4.65. The molecule has 7 heteroatoms. The van der Waals surface area contributed by atoms with Crippen molar-refractivity contribution in [3.63, 3.8) is 0 Å². The molecule has 1 saturated heterocycles. The molecular formula is C23H22F2N2O2S. The summed E-state index contributed by atoms with van der Waals surface area (Å²) in [4.78, 5) is 16.1. The van der Waals surface area contributed by atoms with E-state index in [9.17, 15) is 13.6 Å². The molecule has 156 valence electrons. The third-order valence-electron chi connectivity index (χ3n) is 5.41. The molecule has 0 radical (unpaired) electrons. The number of halogens is 2. The molecule has 4 rings (SSSR count). The van der Waals surface area contributed by atoms with Crippen LogP contribution in [0.2, 0.25) is 0 Å². The lowest BCUT2D eigenvalue weighted by Gasteiger charge is -2.39. The summed E-state index contributed by atoms with van der Waals surface area (Å²) >= 11 is 1.25. The van der Waals surface area contributed by atoms with E-state index in [1.54, 1.807) is 30.3 Å². The first-order valence-electron chi connectivity index (χ1n) is 9.77. The van der Waals surface area contributed by atoms with Crippen LogP contribution < -0.4 is 0 Å². The Morgan fingerprint density at radius 2 is 1.47 bits per heavy atom. The molecule has 1 aromatic heterocycles. The number of nitrogens with zero attached hydrogens (tertiary/aromatic N) is 2. The van der Waals surface area contributed by atoms with Crippen molar-refractivity contribution < 1.29 is 18.7 Å². The largest absolute Gasteiger partial charge is 0.477 e. The van der Waals surface area contributed by atoms with E-state index in [4.69, 9.17) is 5.11 Å².